The lowest BCUT2D eigenvalue weighted by Crippen LogP contribution is -2.36. The topological polar surface area (TPSA) is 62.2 Å². The van der Waals surface area contributed by atoms with Crippen molar-refractivity contribution in [2.24, 2.45) is 4.99 Å². The average Bonchev–Trinajstić information content (AvgIpc) is 2.96. The van der Waals surface area contributed by atoms with Crippen LogP contribution in [0.2, 0.25) is 0 Å². The lowest BCUT2D eigenvalue weighted by molar-refractivity contribution is 0.817. The molecule has 0 saturated heterocycles. The summed E-state index contributed by atoms with van der Waals surface area (Å²) in [4.78, 5) is 15.3. The van der Waals surface area contributed by atoms with Gasteiger partial charge in [0.2, 0.25) is 0 Å². The van der Waals surface area contributed by atoms with Gasteiger partial charge in [0.25, 0.3) is 0 Å². The molecule has 2 heterocycles. The summed E-state index contributed by atoms with van der Waals surface area (Å²) in [6, 6.07) is 0. The van der Waals surface area contributed by atoms with Crippen molar-refractivity contribution in [1.29, 1.82) is 0 Å². The third-order valence-corrected chi connectivity index (χ3v) is 4.72. The molecule has 0 radical (unpaired) electrons. The molecule has 2 rings (SSSR count). The number of nitrogens with one attached hydrogen (secondary N) is 2. The van der Waals surface area contributed by atoms with Gasteiger partial charge in [0.15, 0.2) is 5.96 Å². The molecule has 2 N–H and O–H groups in total. The average molecular weight is 309 g/mol. The number of aryl methyl sites for hydroxylation is 3. The van der Waals surface area contributed by atoms with Crippen LogP contribution >= 0.6 is 22.7 Å². The third-order valence-electron chi connectivity index (χ3n) is 2.74. The van der Waals surface area contributed by atoms with Gasteiger partial charge in [0.1, 0.15) is 0 Å². The van der Waals surface area contributed by atoms with E-state index in [1.807, 2.05) is 27.0 Å². The molecule has 20 heavy (non-hydrogen) atoms. The first-order chi connectivity index (χ1) is 9.58. The van der Waals surface area contributed by atoms with Crippen LogP contribution < -0.4 is 10.6 Å². The van der Waals surface area contributed by atoms with E-state index in [2.05, 4.69) is 25.6 Å². The molecule has 0 fully saturated rings. The minimum atomic E-state index is 0.742. The number of aliphatic imine (C=N–C) groups is 1. The molecule has 0 aliphatic heterocycles. The molecule has 2 aromatic heterocycles. The SMILES string of the molecule is CN=C(NCc1cnc(C)s1)NCc1sc(C)nc1C. The van der Waals surface area contributed by atoms with E-state index in [0.29, 0.717) is 0 Å². The van der Waals surface area contributed by atoms with E-state index in [0.717, 1.165) is 34.8 Å². The Kier molecular flexibility index (Phi) is 5.08. The Balaban J connectivity index is 1.85. The molecule has 0 atom stereocenters. The van der Waals surface area contributed by atoms with Crippen molar-refractivity contribution in [3.05, 3.63) is 31.7 Å². The van der Waals surface area contributed by atoms with Crippen LogP contribution in [0.1, 0.15) is 25.5 Å². The zero-order valence-electron chi connectivity index (χ0n) is 12.1. The van der Waals surface area contributed by atoms with Crippen LogP contribution in [0, 0.1) is 20.8 Å². The summed E-state index contributed by atoms with van der Waals surface area (Å²) >= 11 is 3.42. The molecule has 0 saturated carbocycles. The van der Waals surface area contributed by atoms with Gasteiger partial charge in [-0.2, -0.15) is 0 Å². The summed E-state index contributed by atoms with van der Waals surface area (Å²) in [5.74, 6) is 0.793. The van der Waals surface area contributed by atoms with Crippen LogP contribution in [-0.4, -0.2) is 23.0 Å². The van der Waals surface area contributed by atoms with Crippen molar-refractivity contribution in [1.82, 2.24) is 20.6 Å². The van der Waals surface area contributed by atoms with Crippen LogP contribution in [0.4, 0.5) is 0 Å². The lowest BCUT2D eigenvalue weighted by Gasteiger charge is -2.10. The van der Waals surface area contributed by atoms with E-state index in [1.54, 1.807) is 29.7 Å². The maximum atomic E-state index is 4.42. The molecule has 0 aromatic carbocycles. The summed E-state index contributed by atoms with van der Waals surface area (Å²) in [6.45, 7) is 7.57. The Morgan fingerprint density at radius 2 is 1.90 bits per heavy atom. The van der Waals surface area contributed by atoms with Crippen molar-refractivity contribution in [3.63, 3.8) is 0 Å². The zero-order valence-corrected chi connectivity index (χ0v) is 13.8. The quantitative estimate of drug-likeness (QED) is 0.672. The summed E-state index contributed by atoms with van der Waals surface area (Å²) in [6.07, 6.45) is 1.90. The molecular formula is C13H19N5S2. The number of guanidine groups is 1. The van der Waals surface area contributed by atoms with E-state index in [4.69, 9.17) is 0 Å². The van der Waals surface area contributed by atoms with E-state index >= 15 is 0 Å². The Bertz CT molecular complexity index is 600. The van der Waals surface area contributed by atoms with Gasteiger partial charge >= 0.3 is 0 Å². The number of thiazole rings is 2. The lowest BCUT2D eigenvalue weighted by atomic mass is 10.4. The number of hydrogen-bond acceptors (Lipinski definition) is 5. The summed E-state index contributed by atoms with van der Waals surface area (Å²) in [5.41, 5.74) is 1.09. The minimum absolute atomic E-state index is 0.742. The molecule has 5 nitrogen and oxygen atoms in total. The largest absolute Gasteiger partial charge is 0.351 e. The molecule has 7 heteroatoms. The van der Waals surface area contributed by atoms with Crippen LogP contribution in [-0.2, 0) is 13.1 Å². The van der Waals surface area contributed by atoms with Gasteiger partial charge in [-0.05, 0) is 20.8 Å². The first-order valence-corrected chi connectivity index (χ1v) is 8.00. The molecule has 0 bridgehead atoms. The van der Waals surface area contributed by atoms with Crippen LogP contribution in [0.5, 0.6) is 0 Å². The highest BCUT2D eigenvalue weighted by Crippen LogP contribution is 2.16. The number of rotatable bonds is 4. The number of nitrogens with zero attached hydrogens (tertiary/aromatic N) is 3. The van der Waals surface area contributed by atoms with Gasteiger partial charge in [-0.3, -0.25) is 4.99 Å². The van der Waals surface area contributed by atoms with Crippen LogP contribution in [0.15, 0.2) is 11.2 Å². The summed E-state index contributed by atoms with van der Waals surface area (Å²) < 4.78 is 0. The fourth-order valence-electron chi connectivity index (χ4n) is 1.78. The van der Waals surface area contributed by atoms with Crippen molar-refractivity contribution in [2.45, 2.75) is 33.9 Å². The molecule has 108 valence electrons. The third kappa shape index (κ3) is 4.01. The van der Waals surface area contributed by atoms with E-state index in [1.165, 1.54) is 9.75 Å². The monoisotopic (exact) mass is 309 g/mol. The Labute approximate surface area is 127 Å². The minimum Gasteiger partial charge on any atom is -0.351 e. The molecule has 0 amide bonds. The molecular weight excluding hydrogens is 290 g/mol. The maximum Gasteiger partial charge on any atom is 0.191 e. The smallest absolute Gasteiger partial charge is 0.191 e. The van der Waals surface area contributed by atoms with Crippen molar-refractivity contribution in [2.75, 3.05) is 7.05 Å². The highest BCUT2D eigenvalue weighted by atomic mass is 32.1. The van der Waals surface area contributed by atoms with Gasteiger partial charge in [0, 0.05) is 23.0 Å². The Hall–Kier alpha value is -1.47. The first-order valence-electron chi connectivity index (χ1n) is 6.37. The van der Waals surface area contributed by atoms with Gasteiger partial charge in [-0.15, -0.1) is 22.7 Å². The van der Waals surface area contributed by atoms with Crippen molar-refractivity contribution >= 4 is 28.6 Å². The molecule has 0 aliphatic rings. The second-order valence-corrected chi connectivity index (χ2v) is 6.97. The normalized spacial score (nSPS) is 11.7. The second kappa shape index (κ2) is 6.81. The fraction of sp³-hybridized carbons (Fsp3) is 0.462. The van der Waals surface area contributed by atoms with Crippen LogP contribution in [0.25, 0.3) is 0 Å². The first kappa shape index (κ1) is 14.9. The van der Waals surface area contributed by atoms with E-state index in [9.17, 15) is 0 Å². The second-order valence-electron chi connectivity index (χ2n) is 4.37. The van der Waals surface area contributed by atoms with Gasteiger partial charge in [0.05, 0.1) is 28.8 Å². The molecule has 0 unspecified atom stereocenters. The zero-order chi connectivity index (χ0) is 14.5. The van der Waals surface area contributed by atoms with E-state index in [-0.39, 0.29) is 0 Å². The Morgan fingerprint density at radius 1 is 1.15 bits per heavy atom. The standard InChI is InChI=1S/C13H19N5S2/c1-8-12(20-10(3)18-8)7-17-13(14-4)16-6-11-5-15-9(2)19-11/h5H,6-7H2,1-4H3,(H2,14,16,17). The fourth-order valence-corrected chi connectivity index (χ4v) is 3.39. The van der Waals surface area contributed by atoms with Crippen molar-refractivity contribution in [3.8, 4) is 0 Å². The highest BCUT2D eigenvalue weighted by molar-refractivity contribution is 7.11. The molecule has 0 aliphatic carbocycles. The van der Waals surface area contributed by atoms with Gasteiger partial charge in [-0.25, -0.2) is 9.97 Å². The Morgan fingerprint density at radius 3 is 2.45 bits per heavy atom. The van der Waals surface area contributed by atoms with E-state index < -0.39 is 0 Å². The predicted octanol–water partition coefficient (Wildman–Crippen LogP) is 2.39. The number of aromatic nitrogens is 2. The van der Waals surface area contributed by atoms with Crippen LogP contribution in [0.3, 0.4) is 0 Å². The predicted molar refractivity (Wildman–Crippen MR) is 85.5 cm³/mol. The van der Waals surface area contributed by atoms with Crippen molar-refractivity contribution < 1.29 is 0 Å². The number of hydrogen-bond donors (Lipinski definition) is 2. The maximum absolute atomic E-state index is 4.42. The summed E-state index contributed by atoms with van der Waals surface area (Å²) in [7, 11) is 1.78. The molecule has 2 aromatic rings. The molecule has 0 spiro atoms. The summed E-state index contributed by atoms with van der Waals surface area (Å²) in [5, 5.41) is 8.78. The van der Waals surface area contributed by atoms with Gasteiger partial charge in [-0.1, -0.05) is 0 Å². The highest BCUT2D eigenvalue weighted by Gasteiger charge is 2.06. The van der Waals surface area contributed by atoms with Gasteiger partial charge < -0.3 is 10.6 Å².